The van der Waals surface area contributed by atoms with Crippen LogP contribution in [0.5, 0.6) is 0 Å². The SMILES string of the molecule is C[C@@H]1C=CCN(C2CCCC2)C1. The first-order chi connectivity index (χ1) is 5.86. The summed E-state index contributed by atoms with van der Waals surface area (Å²) in [7, 11) is 0. The molecule has 0 saturated heterocycles. The van der Waals surface area contributed by atoms with E-state index in [1.165, 1.54) is 38.8 Å². The lowest BCUT2D eigenvalue weighted by atomic mass is 10.1. The van der Waals surface area contributed by atoms with E-state index in [4.69, 9.17) is 0 Å². The summed E-state index contributed by atoms with van der Waals surface area (Å²) in [6.45, 7) is 4.81. The Morgan fingerprint density at radius 3 is 2.67 bits per heavy atom. The van der Waals surface area contributed by atoms with Crippen molar-refractivity contribution in [2.75, 3.05) is 13.1 Å². The maximum absolute atomic E-state index is 2.66. The predicted molar refractivity (Wildman–Crippen MR) is 52.1 cm³/mol. The van der Waals surface area contributed by atoms with Gasteiger partial charge < -0.3 is 0 Å². The molecule has 1 saturated carbocycles. The maximum atomic E-state index is 2.66. The minimum atomic E-state index is 0.777. The fourth-order valence-electron chi connectivity index (χ4n) is 2.50. The molecule has 1 aliphatic heterocycles. The summed E-state index contributed by atoms with van der Waals surface area (Å²) in [6.07, 6.45) is 10.5. The molecule has 1 aliphatic carbocycles. The molecule has 0 amide bonds. The molecular weight excluding hydrogens is 146 g/mol. The standard InChI is InChI=1S/C11H19N/c1-10-5-4-8-12(9-10)11-6-2-3-7-11/h4-5,10-11H,2-3,6-9H2,1H3/t10-/m1/s1. The van der Waals surface area contributed by atoms with E-state index < -0.39 is 0 Å². The molecule has 1 atom stereocenters. The third kappa shape index (κ3) is 1.71. The summed E-state index contributed by atoms with van der Waals surface area (Å²) < 4.78 is 0. The first-order valence-electron chi connectivity index (χ1n) is 5.27. The zero-order chi connectivity index (χ0) is 8.39. The van der Waals surface area contributed by atoms with Crippen LogP contribution in [0.4, 0.5) is 0 Å². The summed E-state index contributed by atoms with van der Waals surface area (Å²) in [4.78, 5) is 2.66. The third-order valence-corrected chi connectivity index (χ3v) is 3.17. The predicted octanol–water partition coefficient (Wildman–Crippen LogP) is 2.44. The zero-order valence-electron chi connectivity index (χ0n) is 8.00. The molecule has 2 rings (SSSR count). The van der Waals surface area contributed by atoms with Crippen LogP contribution in [-0.4, -0.2) is 24.0 Å². The Morgan fingerprint density at radius 2 is 2.00 bits per heavy atom. The van der Waals surface area contributed by atoms with E-state index in [2.05, 4.69) is 24.0 Å². The highest BCUT2D eigenvalue weighted by atomic mass is 15.2. The second-order valence-electron chi connectivity index (χ2n) is 4.30. The van der Waals surface area contributed by atoms with Crippen molar-refractivity contribution in [1.82, 2.24) is 4.90 Å². The van der Waals surface area contributed by atoms with Crippen LogP contribution >= 0.6 is 0 Å². The normalized spacial score (nSPS) is 32.9. The van der Waals surface area contributed by atoms with Gasteiger partial charge in [-0.05, 0) is 18.8 Å². The quantitative estimate of drug-likeness (QED) is 0.539. The van der Waals surface area contributed by atoms with E-state index in [0.717, 1.165) is 12.0 Å². The van der Waals surface area contributed by atoms with Crippen LogP contribution < -0.4 is 0 Å². The Bertz CT molecular complexity index is 168. The van der Waals surface area contributed by atoms with Gasteiger partial charge in [0.15, 0.2) is 0 Å². The van der Waals surface area contributed by atoms with Gasteiger partial charge in [-0.1, -0.05) is 31.9 Å². The van der Waals surface area contributed by atoms with Gasteiger partial charge in [0.1, 0.15) is 0 Å². The van der Waals surface area contributed by atoms with Gasteiger partial charge in [0.2, 0.25) is 0 Å². The molecule has 0 spiro atoms. The van der Waals surface area contributed by atoms with E-state index in [-0.39, 0.29) is 0 Å². The number of hydrogen-bond acceptors (Lipinski definition) is 1. The molecule has 0 unspecified atom stereocenters. The van der Waals surface area contributed by atoms with Gasteiger partial charge in [-0.3, -0.25) is 4.90 Å². The lowest BCUT2D eigenvalue weighted by Crippen LogP contribution is -2.38. The minimum Gasteiger partial charge on any atom is -0.296 e. The first kappa shape index (κ1) is 8.31. The van der Waals surface area contributed by atoms with E-state index in [9.17, 15) is 0 Å². The fourth-order valence-corrected chi connectivity index (χ4v) is 2.50. The number of rotatable bonds is 1. The molecule has 2 aliphatic rings. The van der Waals surface area contributed by atoms with Crippen LogP contribution in [-0.2, 0) is 0 Å². The summed E-state index contributed by atoms with van der Waals surface area (Å²) in [5, 5.41) is 0. The molecule has 0 N–H and O–H groups in total. The number of nitrogens with zero attached hydrogens (tertiary/aromatic N) is 1. The maximum Gasteiger partial charge on any atom is 0.0166 e. The largest absolute Gasteiger partial charge is 0.296 e. The van der Waals surface area contributed by atoms with Gasteiger partial charge in [-0.25, -0.2) is 0 Å². The highest BCUT2D eigenvalue weighted by Crippen LogP contribution is 2.25. The van der Waals surface area contributed by atoms with Gasteiger partial charge in [-0.2, -0.15) is 0 Å². The van der Waals surface area contributed by atoms with Crippen LogP contribution in [0.2, 0.25) is 0 Å². The van der Waals surface area contributed by atoms with Crippen LogP contribution in [0.15, 0.2) is 12.2 Å². The van der Waals surface area contributed by atoms with E-state index in [1.54, 1.807) is 0 Å². The van der Waals surface area contributed by atoms with Crippen molar-refractivity contribution >= 4 is 0 Å². The Kier molecular flexibility index (Phi) is 2.50. The fraction of sp³-hybridized carbons (Fsp3) is 0.818. The third-order valence-electron chi connectivity index (χ3n) is 3.17. The topological polar surface area (TPSA) is 3.24 Å². The molecule has 0 radical (unpaired) electrons. The molecule has 68 valence electrons. The first-order valence-corrected chi connectivity index (χ1v) is 5.27. The van der Waals surface area contributed by atoms with Gasteiger partial charge >= 0.3 is 0 Å². The highest BCUT2D eigenvalue weighted by molar-refractivity contribution is 4.97. The smallest absolute Gasteiger partial charge is 0.0166 e. The molecule has 12 heavy (non-hydrogen) atoms. The minimum absolute atomic E-state index is 0.777. The molecular formula is C11H19N. The van der Waals surface area contributed by atoms with Crippen molar-refractivity contribution in [2.45, 2.75) is 38.6 Å². The van der Waals surface area contributed by atoms with E-state index >= 15 is 0 Å². The molecule has 0 aromatic carbocycles. The van der Waals surface area contributed by atoms with Crippen molar-refractivity contribution in [3.63, 3.8) is 0 Å². The van der Waals surface area contributed by atoms with Gasteiger partial charge in [0.25, 0.3) is 0 Å². The van der Waals surface area contributed by atoms with Crippen molar-refractivity contribution in [1.29, 1.82) is 0 Å². The van der Waals surface area contributed by atoms with Gasteiger partial charge in [0.05, 0.1) is 0 Å². The highest BCUT2D eigenvalue weighted by Gasteiger charge is 2.23. The summed E-state index contributed by atoms with van der Waals surface area (Å²) in [5.74, 6) is 0.777. The Labute approximate surface area is 75.4 Å². The van der Waals surface area contributed by atoms with Crippen molar-refractivity contribution < 1.29 is 0 Å². The monoisotopic (exact) mass is 165 g/mol. The average Bonchev–Trinajstić information content (AvgIpc) is 2.56. The van der Waals surface area contributed by atoms with Crippen molar-refractivity contribution in [2.24, 2.45) is 5.92 Å². The van der Waals surface area contributed by atoms with Gasteiger partial charge in [0, 0.05) is 19.1 Å². The van der Waals surface area contributed by atoms with E-state index in [0.29, 0.717) is 0 Å². The molecule has 0 bridgehead atoms. The van der Waals surface area contributed by atoms with Gasteiger partial charge in [-0.15, -0.1) is 0 Å². The summed E-state index contributed by atoms with van der Waals surface area (Å²) >= 11 is 0. The molecule has 1 heteroatoms. The second-order valence-corrected chi connectivity index (χ2v) is 4.30. The lowest BCUT2D eigenvalue weighted by molar-refractivity contribution is 0.194. The van der Waals surface area contributed by atoms with E-state index in [1.807, 2.05) is 0 Å². The molecule has 1 nitrogen and oxygen atoms in total. The Morgan fingerprint density at radius 1 is 1.25 bits per heavy atom. The summed E-state index contributed by atoms with van der Waals surface area (Å²) in [6, 6.07) is 0.914. The average molecular weight is 165 g/mol. The zero-order valence-corrected chi connectivity index (χ0v) is 8.00. The van der Waals surface area contributed by atoms with Crippen LogP contribution in [0.3, 0.4) is 0 Å². The van der Waals surface area contributed by atoms with Crippen molar-refractivity contribution in [3.8, 4) is 0 Å². The summed E-state index contributed by atoms with van der Waals surface area (Å²) in [5.41, 5.74) is 0. The Balaban J connectivity index is 1.91. The molecule has 1 heterocycles. The van der Waals surface area contributed by atoms with Crippen LogP contribution in [0.1, 0.15) is 32.6 Å². The van der Waals surface area contributed by atoms with Crippen molar-refractivity contribution in [3.05, 3.63) is 12.2 Å². The Hall–Kier alpha value is -0.300. The molecule has 1 fully saturated rings. The van der Waals surface area contributed by atoms with Crippen LogP contribution in [0, 0.1) is 5.92 Å². The molecule has 0 aromatic rings. The molecule has 0 aromatic heterocycles. The second kappa shape index (κ2) is 3.61. The number of hydrogen-bond donors (Lipinski definition) is 0. The van der Waals surface area contributed by atoms with Crippen LogP contribution in [0.25, 0.3) is 0 Å². The lowest BCUT2D eigenvalue weighted by Gasteiger charge is -2.32.